The van der Waals surface area contributed by atoms with Gasteiger partial charge in [-0.3, -0.25) is 9.69 Å². The molecule has 8 nitrogen and oxygen atoms in total. The van der Waals surface area contributed by atoms with Crippen molar-refractivity contribution < 1.29 is 19.1 Å². The predicted octanol–water partition coefficient (Wildman–Crippen LogP) is 4.36. The topological polar surface area (TPSA) is 83.1 Å². The second-order valence-corrected chi connectivity index (χ2v) is 10.2. The van der Waals surface area contributed by atoms with Crippen LogP contribution in [0.15, 0.2) is 18.2 Å². The van der Waals surface area contributed by atoms with Crippen LogP contribution >= 0.6 is 0 Å². The van der Waals surface area contributed by atoms with E-state index in [0.29, 0.717) is 30.2 Å². The van der Waals surface area contributed by atoms with Crippen LogP contribution in [0.4, 0.5) is 10.5 Å². The Morgan fingerprint density at radius 1 is 1.17 bits per heavy atom. The van der Waals surface area contributed by atoms with Crippen molar-refractivity contribution in [2.75, 3.05) is 45.7 Å². The number of methoxy groups -OCH3 is 1. The van der Waals surface area contributed by atoms with Crippen molar-refractivity contribution in [2.24, 2.45) is 5.92 Å². The number of carbonyl (C=O) groups excluding carboxylic acids is 2. The minimum Gasteiger partial charge on any atom is -0.491 e. The van der Waals surface area contributed by atoms with Crippen LogP contribution in [0.2, 0.25) is 0 Å². The number of hydrogen-bond donors (Lipinski definition) is 2. The van der Waals surface area contributed by atoms with Crippen LogP contribution < -0.4 is 15.4 Å². The molecule has 35 heavy (non-hydrogen) atoms. The molecule has 1 aromatic carbocycles. The number of nitrogens with zero attached hydrogens (tertiary/aromatic N) is 2. The molecule has 1 heterocycles. The van der Waals surface area contributed by atoms with E-state index in [4.69, 9.17) is 9.47 Å². The zero-order chi connectivity index (χ0) is 25.4. The third-order valence-corrected chi connectivity index (χ3v) is 7.28. The lowest BCUT2D eigenvalue weighted by molar-refractivity contribution is 0.0108. The van der Waals surface area contributed by atoms with Crippen molar-refractivity contribution in [1.82, 2.24) is 15.1 Å². The maximum atomic E-state index is 13.3. The average molecular weight is 489 g/mol. The standard InChI is InChI=1S/C27H44N4O4/c1-6-14-31-16-19(2)25(34-5)17-30(4)26(32)23-13-12-22(15-24(23)35-18-20(31)3)29-27(33)28-21-10-8-7-9-11-21/h12-13,15,19-21,25H,6-11,14,16-18H2,1-5H3,(H2,28,29,33)/t19-,20-,25-/m1/s1. The van der Waals surface area contributed by atoms with E-state index in [0.717, 1.165) is 45.2 Å². The first-order valence-electron chi connectivity index (χ1n) is 13.2. The van der Waals surface area contributed by atoms with Gasteiger partial charge in [-0.2, -0.15) is 0 Å². The second-order valence-electron chi connectivity index (χ2n) is 10.2. The molecule has 1 aliphatic carbocycles. The number of likely N-dealkylation sites (N-methyl/N-ethyl adjacent to an activating group) is 1. The normalized spacial score (nSPS) is 25.1. The Hall–Kier alpha value is -2.32. The van der Waals surface area contributed by atoms with Gasteiger partial charge in [-0.25, -0.2) is 4.79 Å². The average Bonchev–Trinajstić information content (AvgIpc) is 2.85. The molecule has 196 valence electrons. The third-order valence-electron chi connectivity index (χ3n) is 7.28. The molecule has 1 aliphatic heterocycles. The van der Waals surface area contributed by atoms with Crippen molar-refractivity contribution >= 4 is 17.6 Å². The van der Waals surface area contributed by atoms with Crippen LogP contribution in [0.5, 0.6) is 5.75 Å². The minimum absolute atomic E-state index is 0.0660. The fourth-order valence-electron chi connectivity index (χ4n) is 5.12. The summed E-state index contributed by atoms with van der Waals surface area (Å²) in [7, 11) is 3.51. The van der Waals surface area contributed by atoms with Crippen LogP contribution in [0, 0.1) is 5.92 Å². The molecule has 3 amide bonds. The number of urea groups is 1. The largest absolute Gasteiger partial charge is 0.491 e. The Morgan fingerprint density at radius 3 is 2.60 bits per heavy atom. The molecule has 0 bridgehead atoms. The lowest BCUT2D eigenvalue weighted by Gasteiger charge is -2.35. The van der Waals surface area contributed by atoms with Gasteiger partial charge in [0.05, 0.1) is 11.7 Å². The van der Waals surface area contributed by atoms with E-state index in [-0.39, 0.29) is 36.0 Å². The number of ether oxygens (including phenoxy) is 2. The summed E-state index contributed by atoms with van der Waals surface area (Å²) >= 11 is 0. The molecular formula is C27H44N4O4. The van der Waals surface area contributed by atoms with E-state index >= 15 is 0 Å². The lowest BCUT2D eigenvalue weighted by Crippen LogP contribution is -2.46. The Morgan fingerprint density at radius 2 is 1.91 bits per heavy atom. The number of benzene rings is 1. The van der Waals surface area contributed by atoms with Crippen molar-refractivity contribution in [1.29, 1.82) is 0 Å². The lowest BCUT2D eigenvalue weighted by atomic mass is 9.96. The van der Waals surface area contributed by atoms with Gasteiger partial charge in [0, 0.05) is 51.1 Å². The molecule has 1 fully saturated rings. The number of fused-ring (bicyclic) bond motifs is 1. The molecule has 1 saturated carbocycles. The first kappa shape index (κ1) is 27.3. The number of anilines is 1. The minimum atomic E-state index is -0.215. The summed E-state index contributed by atoms with van der Waals surface area (Å²) in [4.78, 5) is 30.1. The van der Waals surface area contributed by atoms with Gasteiger partial charge in [-0.15, -0.1) is 0 Å². The highest BCUT2D eigenvalue weighted by Crippen LogP contribution is 2.27. The van der Waals surface area contributed by atoms with Gasteiger partial charge in [0.15, 0.2) is 0 Å². The van der Waals surface area contributed by atoms with Gasteiger partial charge in [-0.1, -0.05) is 33.1 Å². The fourth-order valence-corrected chi connectivity index (χ4v) is 5.12. The molecule has 2 N–H and O–H groups in total. The zero-order valence-corrected chi connectivity index (χ0v) is 22.1. The van der Waals surface area contributed by atoms with E-state index < -0.39 is 0 Å². The summed E-state index contributed by atoms with van der Waals surface area (Å²) in [6.07, 6.45) is 6.58. The maximum absolute atomic E-state index is 13.3. The van der Waals surface area contributed by atoms with Crippen LogP contribution in [-0.2, 0) is 4.74 Å². The van der Waals surface area contributed by atoms with Crippen LogP contribution in [0.25, 0.3) is 0 Å². The fraction of sp³-hybridized carbons (Fsp3) is 0.704. The highest BCUT2D eigenvalue weighted by molar-refractivity contribution is 5.98. The van der Waals surface area contributed by atoms with Crippen molar-refractivity contribution in [3.05, 3.63) is 23.8 Å². The van der Waals surface area contributed by atoms with Gasteiger partial charge in [0.2, 0.25) is 0 Å². The molecule has 1 aromatic rings. The quantitative estimate of drug-likeness (QED) is 0.644. The van der Waals surface area contributed by atoms with E-state index in [1.54, 1.807) is 37.3 Å². The van der Waals surface area contributed by atoms with Gasteiger partial charge >= 0.3 is 6.03 Å². The summed E-state index contributed by atoms with van der Waals surface area (Å²) in [5.41, 5.74) is 1.10. The van der Waals surface area contributed by atoms with Gasteiger partial charge in [-0.05, 0) is 50.8 Å². The number of rotatable bonds is 5. The first-order valence-corrected chi connectivity index (χ1v) is 13.2. The highest BCUT2D eigenvalue weighted by Gasteiger charge is 2.28. The molecular weight excluding hydrogens is 444 g/mol. The van der Waals surface area contributed by atoms with Gasteiger partial charge in [0.25, 0.3) is 5.91 Å². The van der Waals surface area contributed by atoms with Crippen LogP contribution in [0.3, 0.4) is 0 Å². The number of carbonyl (C=O) groups is 2. The van der Waals surface area contributed by atoms with Crippen LogP contribution in [0.1, 0.15) is 69.7 Å². The molecule has 0 radical (unpaired) electrons. The van der Waals surface area contributed by atoms with E-state index in [9.17, 15) is 9.59 Å². The Kier molecular flexibility index (Phi) is 10.2. The second kappa shape index (κ2) is 13.1. The molecule has 0 unspecified atom stereocenters. The van der Waals surface area contributed by atoms with Crippen molar-refractivity contribution in [2.45, 2.75) is 77.5 Å². The molecule has 8 heteroatoms. The summed E-state index contributed by atoms with van der Waals surface area (Å²) in [5.74, 6) is 0.631. The Balaban J connectivity index is 1.81. The number of nitrogens with one attached hydrogen (secondary N) is 2. The molecule has 3 rings (SSSR count). The molecule has 0 saturated heterocycles. The SMILES string of the molecule is CCCN1C[C@@H](C)[C@H](OC)CN(C)C(=O)c2ccc(NC(=O)NC3CCCCC3)cc2OC[C@H]1C. The van der Waals surface area contributed by atoms with Gasteiger partial charge in [0.1, 0.15) is 12.4 Å². The Labute approximate surface area is 210 Å². The molecule has 0 aromatic heterocycles. The summed E-state index contributed by atoms with van der Waals surface area (Å²) < 4.78 is 12.0. The molecule has 3 atom stereocenters. The van der Waals surface area contributed by atoms with E-state index in [1.165, 1.54) is 6.42 Å². The van der Waals surface area contributed by atoms with E-state index in [1.807, 2.05) is 0 Å². The molecule has 2 aliphatic rings. The maximum Gasteiger partial charge on any atom is 0.319 e. The van der Waals surface area contributed by atoms with E-state index in [2.05, 4.69) is 36.3 Å². The third kappa shape index (κ3) is 7.58. The summed E-state index contributed by atoms with van der Waals surface area (Å²) in [5, 5.41) is 6.00. The van der Waals surface area contributed by atoms with Crippen molar-refractivity contribution in [3.8, 4) is 5.75 Å². The zero-order valence-electron chi connectivity index (χ0n) is 22.1. The number of hydrogen-bond acceptors (Lipinski definition) is 5. The van der Waals surface area contributed by atoms with Gasteiger partial charge < -0.3 is 25.0 Å². The van der Waals surface area contributed by atoms with Crippen LogP contribution in [-0.4, -0.2) is 80.3 Å². The predicted molar refractivity (Wildman–Crippen MR) is 139 cm³/mol. The smallest absolute Gasteiger partial charge is 0.319 e. The monoisotopic (exact) mass is 488 g/mol. The number of amides is 3. The Bertz CT molecular complexity index is 842. The van der Waals surface area contributed by atoms with Crippen molar-refractivity contribution in [3.63, 3.8) is 0 Å². The summed E-state index contributed by atoms with van der Waals surface area (Å²) in [6.45, 7) is 9.30. The summed E-state index contributed by atoms with van der Waals surface area (Å²) in [6, 6.07) is 5.45. The molecule has 0 spiro atoms. The highest BCUT2D eigenvalue weighted by atomic mass is 16.5. The first-order chi connectivity index (χ1) is 16.8.